The van der Waals surface area contributed by atoms with E-state index in [9.17, 15) is 9.46 Å². The highest BCUT2D eigenvalue weighted by Crippen LogP contribution is 2.44. The summed E-state index contributed by atoms with van der Waals surface area (Å²) < 4.78 is 62.7. The molecule has 0 aliphatic heterocycles. The van der Waals surface area contributed by atoms with Gasteiger partial charge in [-0.3, -0.25) is 18.2 Å². The first-order valence-corrected chi connectivity index (χ1v) is 14.5. The molecule has 0 rings (SSSR count). The molecule has 9 N–H and O–H groups in total. The van der Waals surface area contributed by atoms with Gasteiger partial charge in [-0.25, -0.2) is 9.13 Å². The third-order valence-electron chi connectivity index (χ3n) is 4.03. The molecule has 0 saturated heterocycles. The minimum Gasteiger partial charge on any atom is -0.344 e. The molecular formula is C16H43NO12P2S. The molecule has 13 nitrogen and oxygen atoms in total. The maximum Gasteiger partial charge on any atom is 0.472 e. The lowest BCUT2D eigenvalue weighted by atomic mass is 10.0. The van der Waals surface area contributed by atoms with Crippen molar-refractivity contribution in [3.05, 3.63) is 0 Å². The van der Waals surface area contributed by atoms with Crippen molar-refractivity contribution in [2.75, 3.05) is 13.2 Å². The van der Waals surface area contributed by atoms with Crippen LogP contribution in [-0.4, -0.2) is 50.3 Å². The number of phosphoric acid groups is 2. The summed E-state index contributed by atoms with van der Waals surface area (Å²) in [6.45, 7) is 9.10. The van der Waals surface area contributed by atoms with Crippen molar-refractivity contribution in [3.63, 3.8) is 0 Å². The lowest BCUT2D eigenvalue weighted by molar-refractivity contribution is 0.110. The number of hydrogen-bond donors (Lipinski definition) is 7. The SMILES string of the molecule is CCCCC(CC)COP(=O)(O)OCC(CC)CCCC.N.O=P(O)(O)O.O=S(=O)(O)O. The number of rotatable bonds is 14. The van der Waals surface area contributed by atoms with E-state index in [2.05, 4.69) is 27.7 Å². The van der Waals surface area contributed by atoms with Gasteiger partial charge in [-0.05, 0) is 24.7 Å². The summed E-state index contributed by atoms with van der Waals surface area (Å²) in [4.78, 5) is 31.3. The second-order valence-electron chi connectivity index (χ2n) is 6.85. The first-order chi connectivity index (χ1) is 14.0. The van der Waals surface area contributed by atoms with Gasteiger partial charge in [0.25, 0.3) is 0 Å². The Hall–Kier alpha value is 0.0500. The van der Waals surface area contributed by atoms with Gasteiger partial charge in [0, 0.05) is 0 Å². The van der Waals surface area contributed by atoms with Gasteiger partial charge in [0.05, 0.1) is 13.2 Å². The van der Waals surface area contributed by atoms with Crippen molar-refractivity contribution in [1.82, 2.24) is 6.15 Å². The number of phosphoric ester groups is 1. The average molecular weight is 536 g/mol. The Balaban J connectivity index is -0.000000296. The molecule has 200 valence electrons. The van der Waals surface area contributed by atoms with Crippen molar-refractivity contribution in [2.45, 2.75) is 79.1 Å². The largest absolute Gasteiger partial charge is 0.472 e. The van der Waals surface area contributed by atoms with Crippen LogP contribution in [0.2, 0.25) is 0 Å². The van der Waals surface area contributed by atoms with Crippen LogP contribution in [0.25, 0.3) is 0 Å². The van der Waals surface area contributed by atoms with Crippen LogP contribution < -0.4 is 6.15 Å². The van der Waals surface area contributed by atoms with E-state index >= 15 is 0 Å². The van der Waals surface area contributed by atoms with Gasteiger partial charge in [0.1, 0.15) is 0 Å². The smallest absolute Gasteiger partial charge is 0.344 e. The Morgan fingerprint density at radius 3 is 1.19 bits per heavy atom. The van der Waals surface area contributed by atoms with Crippen LogP contribution in [-0.2, 0) is 28.6 Å². The molecule has 2 unspecified atom stereocenters. The van der Waals surface area contributed by atoms with Crippen LogP contribution in [0.3, 0.4) is 0 Å². The van der Waals surface area contributed by atoms with Gasteiger partial charge in [0.15, 0.2) is 0 Å². The molecule has 0 aromatic rings. The van der Waals surface area contributed by atoms with Gasteiger partial charge >= 0.3 is 26.0 Å². The molecule has 0 bridgehead atoms. The monoisotopic (exact) mass is 535 g/mol. The molecule has 0 saturated carbocycles. The van der Waals surface area contributed by atoms with Crippen LogP contribution in [0.1, 0.15) is 79.1 Å². The van der Waals surface area contributed by atoms with E-state index in [-0.39, 0.29) is 6.15 Å². The van der Waals surface area contributed by atoms with E-state index in [1.54, 1.807) is 0 Å². The molecule has 16 heteroatoms. The Bertz CT molecular complexity index is 574. The van der Waals surface area contributed by atoms with Crippen LogP contribution in [0.5, 0.6) is 0 Å². The first kappa shape index (κ1) is 39.3. The summed E-state index contributed by atoms with van der Waals surface area (Å²) in [7, 11) is -13.2. The molecule has 0 aromatic heterocycles. The molecule has 0 heterocycles. The normalized spacial score (nSPS) is 15.1. The molecular weight excluding hydrogens is 492 g/mol. The van der Waals surface area contributed by atoms with Crippen molar-refractivity contribution >= 4 is 26.0 Å². The molecule has 0 radical (unpaired) electrons. The molecule has 2 atom stereocenters. The Labute approximate surface area is 191 Å². The summed E-state index contributed by atoms with van der Waals surface area (Å²) in [6.07, 6.45) is 8.56. The predicted molar refractivity (Wildman–Crippen MR) is 122 cm³/mol. The molecule has 32 heavy (non-hydrogen) atoms. The summed E-state index contributed by atoms with van der Waals surface area (Å²) in [6, 6.07) is 0. The topological polar surface area (TPSA) is 243 Å². The highest BCUT2D eigenvalue weighted by molar-refractivity contribution is 7.79. The zero-order valence-corrected chi connectivity index (χ0v) is 22.0. The number of unbranched alkanes of at least 4 members (excludes halogenated alkanes) is 2. The van der Waals surface area contributed by atoms with Gasteiger partial charge in [0.2, 0.25) is 0 Å². The maximum atomic E-state index is 11.9. The summed E-state index contributed by atoms with van der Waals surface area (Å²) in [5.74, 6) is 0.687. The fourth-order valence-corrected chi connectivity index (χ4v) is 3.11. The van der Waals surface area contributed by atoms with Crippen molar-refractivity contribution in [3.8, 4) is 0 Å². The van der Waals surface area contributed by atoms with E-state index in [1.165, 1.54) is 0 Å². The van der Waals surface area contributed by atoms with Crippen LogP contribution >= 0.6 is 15.6 Å². The van der Waals surface area contributed by atoms with Crippen molar-refractivity contribution in [1.29, 1.82) is 0 Å². The molecule has 0 aliphatic rings. The second-order valence-corrected chi connectivity index (χ2v) is 10.2. The van der Waals surface area contributed by atoms with Crippen LogP contribution in [0, 0.1) is 11.8 Å². The van der Waals surface area contributed by atoms with Crippen LogP contribution in [0.15, 0.2) is 0 Å². The highest BCUT2D eigenvalue weighted by atomic mass is 32.3. The summed E-state index contributed by atoms with van der Waals surface area (Å²) in [5.41, 5.74) is 0. The van der Waals surface area contributed by atoms with Crippen LogP contribution in [0.4, 0.5) is 0 Å². The fourth-order valence-electron chi connectivity index (χ4n) is 2.23. The summed E-state index contributed by atoms with van der Waals surface area (Å²) >= 11 is 0. The minimum absolute atomic E-state index is 0. The zero-order chi connectivity index (χ0) is 25.1. The molecule has 0 fully saturated rings. The average Bonchev–Trinajstić information content (AvgIpc) is 2.59. The summed E-state index contributed by atoms with van der Waals surface area (Å²) in [5, 5.41) is 0. The quantitative estimate of drug-likeness (QED) is 0.122. The standard InChI is InChI=1S/C16H35O4P.H3N.H3O4P.H2O4S/c1-5-9-11-15(7-3)13-19-21(17,18)20-14-16(8-4)12-10-6-2;;2*1-5(2,3)4/h15-16H,5-14H2,1-4H3,(H,17,18);1H3;(H3,1,2,3,4);(H2,1,2,3,4). The van der Waals surface area contributed by atoms with Gasteiger partial charge in [-0.15, -0.1) is 0 Å². The minimum atomic E-state index is -4.67. The Kier molecular flexibility index (Phi) is 26.5. The van der Waals surface area contributed by atoms with E-state index in [0.717, 1.165) is 51.4 Å². The lowest BCUT2D eigenvalue weighted by Gasteiger charge is -2.20. The van der Waals surface area contributed by atoms with E-state index in [0.29, 0.717) is 25.0 Å². The fraction of sp³-hybridized carbons (Fsp3) is 1.00. The van der Waals surface area contributed by atoms with E-state index < -0.39 is 26.0 Å². The lowest BCUT2D eigenvalue weighted by Crippen LogP contribution is -2.12. The van der Waals surface area contributed by atoms with Crippen molar-refractivity contribution in [2.24, 2.45) is 11.8 Å². The number of hydrogen-bond acceptors (Lipinski definition) is 7. The zero-order valence-electron chi connectivity index (χ0n) is 19.4. The molecule has 0 amide bonds. The third kappa shape index (κ3) is 43.8. The van der Waals surface area contributed by atoms with E-state index in [4.69, 9.17) is 45.8 Å². The van der Waals surface area contributed by atoms with Crippen molar-refractivity contribution < 1.29 is 55.3 Å². The highest BCUT2D eigenvalue weighted by Gasteiger charge is 2.24. The molecule has 0 aromatic carbocycles. The second kappa shape index (κ2) is 21.6. The first-order valence-electron chi connectivity index (χ1n) is 10.1. The third-order valence-corrected chi connectivity index (χ3v) is 4.98. The predicted octanol–water partition coefficient (Wildman–Crippen LogP) is 4.13. The molecule has 0 spiro atoms. The van der Waals surface area contributed by atoms with Gasteiger partial charge < -0.3 is 25.7 Å². The maximum absolute atomic E-state index is 11.9. The molecule has 0 aliphatic carbocycles. The Morgan fingerprint density at radius 1 is 0.750 bits per heavy atom. The Morgan fingerprint density at radius 2 is 1.00 bits per heavy atom. The van der Waals surface area contributed by atoms with E-state index in [1.807, 2.05) is 0 Å². The van der Waals surface area contributed by atoms with Gasteiger partial charge in [-0.2, -0.15) is 8.42 Å². The van der Waals surface area contributed by atoms with Gasteiger partial charge in [-0.1, -0.05) is 66.2 Å².